The summed E-state index contributed by atoms with van der Waals surface area (Å²) in [6, 6.07) is 5.05. The molecule has 0 radical (unpaired) electrons. The highest BCUT2D eigenvalue weighted by Gasteiger charge is 2.07. The SMILES string of the molecule is CNC(=O)COC(=O)COc1ccc(Cl)c(C)c1. The van der Waals surface area contributed by atoms with Gasteiger partial charge in [0.1, 0.15) is 5.75 Å². The highest BCUT2D eigenvalue weighted by Crippen LogP contribution is 2.20. The molecule has 1 aromatic carbocycles. The van der Waals surface area contributed by atoms with Crippen molar-refractivity contribution in [2.24, 2.45) is 0 Å². The molecule has 0 atom stereocenters. The van der Waals surface area contributed by atoms with E-state index in [0.29, 0.717) is 10.8 Å². The molecular formula is C12H14ClNO4. The zero-order valence-electron chi connectivity index (χ0n) is 10.2. The van der Waals surface area contributed by atoms with Crippen molar-refractivity contribution in [3.05, 3.63) is 28.8 Å². The number of carbonyl (C=O) groups excluding carboxylic acids is 2. The Bertz CT molecular complexity index is 448. The Kier molecular flexibility index (Phi) is 5.45. The highest BCUT2D eigenvalue weighted by molar-refractivity contribution is 6.31. The number of ether oxygens (including phenoxy) is 2. The number of esters is 1. The number of benzene rings is 1. The fraction of sp³-hybridized carbons (Fsp3) is 0.333. The van der Waals surface area contributed by atoms with Crippen molar-refractivity contribution in [1.29, 1.82) is 0 Å². The minimum atomic E-state index is -0.605. The van der Waals surface area contributed by atoms with Gasteiger partial charge in [0.25, 0.3) is 5.91 Å². The summed E-state index contributed by atoms with van der Waals surface area (Å²) in [5, 5.41) is 2.97. The van der Waals surface area contributed by atoms with Gasteiger partial charge in [0.05, 0.1) is 0 Å². The average Bonchev–Trinajstić information content (AvgIpc) is 2.37. The second-order valence-corrected chi connectivity index (χ2v) is 3.94. The molecule has 0 aliphatic heterocycles. The van der Waals surface area contributed by atoms with Crippen LogP contribution >= 0.6 is 11.6 Å². The van der Waals surface area contributed by atoms with Crippen molar-refractivity contribution in [2.75, 3.05) is 20.3 Å². The Hall–Kier alpha value is -1.75. The Morgan fingerprint density at radius 3 is 2.67 bits per heavy atom. The van der Waals surface area contributed by atoms with Crippen LogP contribution in [0.15, 0.2) is 18.2 Å². The molecule has 0 spiro atoms. The summed E-state index contributed by atoms with van der Waals surface area (Å²) >= 11 is 5.85. The Balaban J connectivity index is 2.38. The van der Waals surface area contributed by atoms with E-state index in [2.05, 4.69) is 10.1 Å². The van der Waals surface area contributed by atoms with E-state index in [-0.39, 0.29) is 19.1 Å². The third-order valence-electron chi connectivity index (χ3n) is 2.13. The molecule has 0 aromatic heterocycles. The number of amides is 1. The summed E-state index contributed by atoms with van der Waals surface area (Å²) in [5.74, 6) is -0.453. The van der Waals surface area contributed by atoms with Crippen LogP contribution in [0.2, 0.25) is 5.02 Å². The maximum absolute atomic E-state index is 11.2. The quantitative estimate of drug-likeness (QED) is 0.821. The van der Waals surface area contributed by atoms with E-state index in [1.165, 1.54) is 7.05 Å². The molecule has 0 saturated heterocycles. The van der Waals surface area contributed by atoms with E-state index in [0.717, 1.165) is 5.56 Å². The van der Waals surface area contributed by atoms with Crippen molar-refractivity contribution in [1.82, 2.24) is 5.32 Å². The molecule has 0 saturated carbocycles. The molecule has 0 unspecified atom stereocenters. The Morgan fingerprint density at radius 2 is 2.06 bits per heavy atom. The smallest absolute Gasteiger partial charge is 0.344 e. The van der Waals surface area contributed by atoms with Crippen LogP contribution < -0.4 is 10.1 Å². The summed E-state index contributed by atoms with van der Waals surface area (Å²) in [6.07, 6.45) is 0. The summed E-state index contributed by atoms with van der Waals surface area (Å²) in [4.78, 5) is 22.1. The number of likely N-dealkylation sites (N-methyl/N-ethyl adjacent to an activating group) is 1. The van der Waals surface area contributed by atoms with Gasteiger partial charge in [-0.2, -0.15) is 0 Å². The molecular weight excluding hydrogens is 258 g/mol. The van der Waals surface area contributed by atoms with E-state index < -0.39 is 5.97 Å². The summed E-state index contributed by atoms with van der Waals surface area (Å²) in [7, 11) is 1.46. The first kappa shape index (κ1) is 14.3. The van der Waals surface area contributed by atoms with E-state index >= 15 is 0 Å². The fourth-order valence-electron chi connectivity index (χ4n) is 1.11. The van der Waals surface area contributed by atoms with Gasteiger partial charge in [-0.1, -0.05) is 11.6 Å². The number of aryl methyl sites for hydroxylation is 1. The minimum absolute atomic E-state index is 0.252. The third kappa shape index (κ3) is 4.63. The monoisotopic (exact) mass is 271 g/mol. The maximum Gasteiger partial charge on any atom is 0.344 e. The number of nitrogens with one attached hydrogen (secondary N) is 1. The minimum Gasteiger partial charge on any atom is -0.482 e. The average molecular weight is 272 g/mol. The molecule has 1 amide bonds. The fourth-order valence-corrected chi connectivity index (χ4v) is 1.23. The van der Waals surface area contributed by atoms with Gasteiger partial charge in [-0.05, 0) is 30.7 Å². The number of halogens is 1. The van der Waals surface area contributed by atoms with Gasteiger partial charge in [-0.25, -0.2) is 4.79 Å². The van der Waals surface area contributed by atoms with E-state index in [4.69, 9.17) is 16.3 Å². The van der Waals surface area contributed by atoms with E-state index in [1.807, 2.05) is 6.92 Å². The predicted molar refractivity (Wildman–Crippen MR) is 66.7 cm³/mol. The molecule has 18 heavy (non-hydrogen) atoms. The van der Waals surface area contributed by atoms with Gasteiger partial charge < -0.3 is 14.8 Å². The molecule has 0 aliphatic rings. The van der Waals surface area contributed by atoms with Crippen LogP contribution in [0.25, 0.3) is 0 Å². The molecule has 1 N–H and O–H groups in total. The lowest BCUT2D eigenvalue weighted by atomic mass is 10.2. The van der Waals surface area contributed by atoms with Crippen LogP contribution in [0.1, 0.15) is 5.56 Å². The van der Waals surface area contributed by atoms with Gasteiger partial charge in [0.2, 0.25) is 0 Å². The number of rotatable bonds is 5. The summed E-state index contributed by atoms with van der Waals surface area (Å²) < 4.78 is 9.87. The van der Waals surface area contributed by atoms with Gasteiger partial charge >= 0.3 is 5.97 Å². The number of carbonyl (C=O) groups is 2. The summed E-state index contributed by atoms with van der Waals surface area (Å²) in [5.41, 5.74) is 0.855. The molecule has 5 nitrogen and oxygen atoms in total. The lowest BCUT2D eigenvalue weighted by Crippen LogP contribution is -2.26. The first-order valence-corrected chi connectivity index (χ1v) is 5.66. The van der Waals surface area contributed by atoms with E-state index in [9.17, 15) is 9.59 Å². The van der Waals surface area contributed by atoms with Crippen molar-refractivity contribution in [3.8, 4) is 5.75 Å². The lowest BCUT2D eigenvalue weighted by molar-refractivity contribution is -0.150. The van der Waals surface area contributed by atoms with Gasteiger partial charge in [0, 0.05) is 12.1 Å². The third-order valence-corrected chi connectivity index (χ3v) is 2.55. The van der Waals surface area contributed by atoms with Gasteiger partial charge in [-0.3, -0.25) is 4.79 Å². The summed E-state index contributed by atoms with van der Waals surface area (Å²) in [6.45, 7) is 1.27. The van der Waals surface area contributed by atoms with Crippen molar-refractivity contribution >= 4 is 23.5 Å². The molecule has 1 rings (SSSR count). The zero-order valence-corrected chi connectivity index (χ0v) is 10.9. The standard InChI is InChI=1S/C12H14ClNO4/c1-8-5-9(3-4-10(8)13)17-7-12(16)18-6-11(15)14-2/h3-5H,6-7H2,1-2H3,(H,14,15). The molecule has 0 aliphatic carbocycles. The topological polar surface area (TPSA) is 64.6 Å². The molecule has 0 heterocycles. The first-order valence-electron chi connectivity index (χ1n) is 5.28. The van der Waals surface area contributed by atoms with Crippen LogP contribution in [-0.2, 0) is 14.3 Å². The van der Waals surface area contributed by atoms with Crippen LogP contribution in [0.4, 0.5) is 0 Å². The predicted octanol–water partition coefficient (Wildman–Crippen LogP) is 1.32. The second-order valence-electron chi connectivity index (χ2n) is 3.53. The normalized spacial score (nSPS) is 9.72. The van der Waals surface area contributed by atoms with Crippen molar-refractivity contribution < 1.29 is 19.1 Å². The van der Waals surface area contributed by atoms with Gasteiger partial charge in [-0.15, -0.1) is 0 Å². The molecule has 1 aromatic rings. The van der Waals surface area contributed by atoms with Crippen LogP contribution in [0, 0.1) is 6.92 Å². The second kappa shape index (κ2) is 6.86. The van der Waals surface area contributed by atoms with E-state index in [1.54, 1.807) is 18.2 Å². The molecule has 98 valence electrons. The van der Waals surface area contributed by atoms with Crippen LogP contribution in [0.5, 0.6) is 5.75 Å². The van der Waals surface area contributed by atoms with Crippen molar-refractivity contribution in [3.63, 3.8) is 0 Å². The van der Waals surface area contributed by atoms with Gasteiger partial charge in [0.15, 0.2) is 13.2 Å². The zero-order chi connectivity index (χ0) is 13.5. The first-order chi connectivity index (χ1) is 8.52. The number of hydrogen-bond donors (Lipinski definition) is 1. The van der Waals surface area contributed by atoms with Crippen LogP contribution in [-0.4, -0.2) is 32.1 Å². The Morgan fingerprint density at radius 1 is 1.33 bits per heavy atom. The highest BCUT2D eigenvalue weighted by atomic mass is 35.5. The molecule has 6 heteroatoms. The molecule has 0 bridgehead atoms. The van der Waals surface area contributed by atoms with Crippen molar-refractivity contribution in [2.45, 2.75) is 6.92 Å². The Labute approximate surface area is 110 Å². The van der Waals surface area contributed by atoms with Crippen LogP contribution in [0.3, 0.4) is 0 Å². The largest absolute Gasteiger partial charge is 0.482 e. The number of hydrogen-bond acceptors (Lipinski definition) is 4. The lowest BCUT2D eigenvalue weighted by Gasteiger charge is -2.07. The maximum atomic E-state index is 11.2. The molecule has 0 fully saturated rings.